The zero-order valence-electron chi connectivity index (χ0n) is 11.0. The first-order valence-corrected chi connectivity index (χ1v) is 7.09. The van der Waals surface area contributed by atoms with Crippen LogP contribution in [0.5, 0.6) is 11.5 Å². The molecule has 0 radical (unpaired) electrons. The fourth-order valence-corrected chi connectivity index (χ4v) is 2.69. The SMILES string of the molecule is CC1CCN(C(=S)Nc2ccc3c(c2)OCO3)CC1. The lowest BCUT2D eigenvalue weighted by molar-refractivity contribution is 0.174. The van der Waals surface area contributed by atoms with Crippen LogP contribution in [0.1, 0.15) is 19.8 Å². The van der Waals surface area contributed by atoms with E-state index >= 15 is 0 Å². The Kier molecular flexibility index (Phi) is 3.46. The number of nitrogens with one attached hydrogen (secondary N) is 1. The highest BCUT2D eigenvalue weighted by molar-refractivity contribution is 7.80. The van der Waals surface area contributed by atoms with Gasteiger partial charge in [0.05, 0.1) is 0 Å². The van der Waals surface area contributed by atoms with Gasteiger partial charge in [0.25, 0.3) is 0 Å². The van der Waals surface area contributed by atoms with Crippen LogP contribution in [0.25, 0.3) is 0 Å². The standard InChI is InChI=1S/C14H18N2O2S/c1-10-4-6-16(7-5-10)14(19)15-11-2-3-12-13(8-11)18-9-17-12/h2-3,8,10H,4-7,9H2,1H3,(H,15,19). The van der Waals surface area contributed by atoms with Gasteiger partial charge in [0.2, 0.25) is 6.79 Å². The molecule has 1 N–H and O–H groups in total. The molecule has 0 amide bonds. The van der Waals surface area contributed by atoms with Crippen LogP contribution in [0, 0.1) is 5.92 Å². The molecule has 1 saturated heterocycles. The minimum absolute atomic E-state index is 0.299. The summed E-state index contributed by atoms with van der Waals surface area (Å²) in [6.07, 6.45) is 2.42. The van der Waals surface area contributed by atoms with Gasteiger partial charge in [0.1, 0.15) is 0 Å². The summed E-state index contributed by atoms with van der Waals surface area (Å²) in [6, 6.07) is 5.80. The maximum absolute atomic E-state index is 5.47. The van der Waals surface area contributed by atoms with Crippen LogP contribution in [0.3, 0.4) is 0 Å². The summed E-state index contributed by atoms with van der Waals surface area (Å²) in [5, 5.41) is 4.07. The van der Waals surface area contributed by atoms with Gasteiger partial charge in [-0.2, -0.15) is 0 Å². The minimum Gasteiger partial charge on any atom is -0.454 e. The van der Waals surface area contributed by atoms with Crippen molar-refractivity contribution in [2.24, 2.45) is 5.92 Å². The zero-order chi connectivity index (χ0) is 13.2. The van der Waals surface area contributed by atoms with Crippen molar-refractivity contribution in [3.8, 4) is 11.5 Å². The van der Waals surface area contributed by atoms with E-state index in [1.807, 2.05) is 18.2 Å². The van der Waals surface area contributed by atoms with E-state index in [0.29, 0.717) is 6.79 Å². The molecule has 0 aliphatic carbocycles. The molecule has 102 valence electrons. The normalized spacial score (nSPS) is 18.5. The van der Waals surface area contributed by atoms with E-state index in [2.05, 4.69) is 17.1 Å². The van der Waals surface area contributed by atoms with Gasteiger partial charge in [-0.05, 0) is 43.1 Å². The lowest BCUT2D eigenvalue weighted by Gasteiger charge is -2.32. The minimum atomic E-state index is 0.299. The van der Waals surface area contributed by atoms with Crippen molar-refractivity contribution in [1.29, 1.82) is 0 Å². The van der Waals surface area contributed by atoms with E-state index in [1.54, 1.807) is 0 Å². The number of benzene rings is 1. The summed E-state index contributed by atoms with van der Waals surface area (Å²) in [4.78, 5) is 2.24. The van der Waals surface area contributed by atoms with Gasteiger partial charge in [-0.3, -0.25) is 0 Å². The number of rotatable bonds is 1. The van der Waals surface area contributed by atoms with Gasteiger partial charge >= 0.3 is 0 Å². The molecule has 1 aromatic carbocycles. The second-order valence-electron chi connectivity index (χ2n) is 5.17. The summed E-state index contributed by atoms with van der Waals surface area (Å²) in [5.41, 5.74) is 0.952. The highest BCUT2D eigenvalue weighted by atomic mass is 32.1. The molecular weight excluding hydrogens is 260 g/mol. The van der Waals surface area contributed by atoms with Crippen LogP contribution in [0.15, 0.2) is 18.2 Å². The molecular formula is C14H18N2O2S. The van der Waals surface area contributed by atoms with Crippen molar-refractivity contribution in [1.82, 2.24) is 4.90 Å². The molecule has 0 bridgehead atoms. The molecule has 2 aliphatic rings. The second-order valence-corrected chi connectivity index (χ2v) is 5.55. The Labute approximate surface area is 118 Å². The third-order valence-electron chi connectivity index (χ3n) is 3.69. The quantitative estimate of drug-likeness (QED) is 0.799. The molecule has 0 unspecified atom stereocenters. The molecule has 2 aliphatic heterocycles. The van der Waals surface area contributed by atoms with E-state index in [4.69, 9.17) is 21.7 Å². The lowest BCUT2D eigenvalue weighted by atomic mass is 10.00. The molecule has 2 heterocycles. The molecule has 4 nitrogen and oxygen atoms in total. The van der Waals surface area contributed by atoms with Crippen LogP contribution >= 0.6 is 12.2 Å². The van der Waals surface area contributed by atoms with E-state index in [-0.39, 0.29) is 0 Å². The summed E-state index contributed by atoms with van der Waals surface area (Å²) < 4.78 is 10.7. The summed E-state index contributed by atoms with van der Waals surface area (Å²) >= 11 is 5.47. The van der Waals surface area contributed by atoms with Crippen molar-refractivity contribution in [2.45, 2.75) is 19.8 Å². The molecule has 19 heavy (non-hydrogen) atoms. The van der Waals surface area contributed by atoms with Crippen LogP contribution in [0.2, 0.25) is 0 Å². The number of fused-ring (bicyclic) bond motifs is 1. The third-order valence-corrected chi connectivity index (χ3v) is 4.05. The Morgan fingerprint density at radius 1 is 1.26 bits per heavy atom. The van der Waals surface area contributed by atoms with Crippen molar-refractivity contribution < 1.29 is 9.47 Å². The smallest absolute Gasteiger partial charge is 0.231 e. The largest absolute Gasteiger partial charge is 0.454 e. The fraction of sp³-hybridized carbons (Fsp3) is 0.500. The summed E-state index contributed by atoms with van der Waals surface area (Å²) in [6.45, 7) is 4.67. The number of anilines is 1. The first-order valence-electron chi connectivity index (χ1n) is 6.68. The van der Waals surface area contributed by atoms with E-state index in [0.717, 1.165) is 41.3 Å². The molecule has 5 heteroatoms. The van der Waals surface area contributed by atoms with Crippen molar-refractivity contribution >= 4 is 23.0 Å². The molecule has 0 spiro atoms. The fourth-order valence-electron chi connectivity index (χ4n) is 2.39. The zero-order valence-corrected chi connectivity index (χ0v) is 11.8. The highest BCUT2D eigenvalue weighted by Gasteiger charge is 2.19. The van der Waals surface area contributed by atoms with Gasteiger partial charge < -0.3 is 19.7 Å². The van der Waals surface area contributed by atoms with Gasteiger partial charge in [-0.1, -0.05) is 6.92 Å². The Hall–Kier alpha value is -1.49. The summed E-state index contributed by atoms with van der Waals surface area (Å²) in [5.74, 6) is 2.38. The molecule has 0 aromatic heterocycles. The number of ether oxygens (including phenoxy) is 2. The molecule has 3 rings (SSSR count). The maximum atomic E-state index is 5.47. The number of thiocarbonyl (C=S) groups is 1. The predicted molar refractivity (Wildman–Crippen MR) is 78.8 cm³/mol. The monoisotopic (exact) mass is 278 g/mol. The van der Waals surface area contributed by atoms with E-state index in [9.17, 15) is 0 Å². The Morgan fingerprint density at radius 3 is 2.79 bits per heavy atom. The van der Waals surface area contributed by atoms with Crippen LogP contribution in [-0.4, -0.2) is 29.9 Å². The number of hydrogen-bond donors (Lipinski definition) is 1. The van der Waals surface area contributed by atoms with Gasteiger partial charge in [-0.25, -0.2) is 0 Å². The Bertz CT molecular complexity index is 484. The van der Waals surface area contributed by atoms with Crippen molar-refractivity contribution in [3.63, 3.8) is 0 Å². The molecule has 1 aromatic rings. The van der Waals surface area contributed by atoms with Crippen molar-refractivity contribution in [2.75, 3.05) is 25.2 Å². The lowest BCUT2D eigenvalue weighted by Crippen LogP contribution is -2.40. The highest BCUT2D eigenvalue weighted by Crippen LogP contribution is 2.34. The predicted octanol–water partition coefficient (Wildman–Crippen LogP) is 2.84. The van der Waals surface area contributed by atoms with Crippen LogP contribution in [0.4, 0.5) is 5.69 Å². The molecule has 0 saturated carbocycles. The van der Waals surface area contributed by atoms with Crippen molar-refractivity contribution in [3.05, 3.63) is 18.2 Å². The van der Waals surface area contributed by atoms with Gasteiger partial charge in [-0.15, -0.1) is 0 Å². The topological polar surface area (TPSA) is 33.7 Å². The Balaban J connectivity index is 1.63. The van der Waals surface area contributed by atoms with E-state index in [1.165, 1.54) is 12.8 Å². The van der Waals surface area contributed by atoms with Gasteiger partial charge in [0, 0.05) is 24.8 Å². The Morgan fingerprint density at radius 2 is 2.00 bits per heavy atom. The van der Waals surface area contributed by atoms with Crippen LogP contribution in [-0.2, 0) is 0 Å². The number of hydrogen-bond acceptors (Lipinski definition) is 3. The number of piperidine rings is 1. The summed E-state index contributed by atoms with van der Waals surface area (Å²) in [7, 11) is 0. The van der Waals surface area contributed by atoms with Crippen LogP contribution < -0.4 is 14.8 Å². The number of likely N-dealkylation sites (tertiary alicyclic amines) is 1. The average Bonchev–Trinajstić information content (AvgIpc) is 2.87. The molecule has 0 atom stereocenters. The van der Waals surface area contributed by atoms with Gasteiger partial charge in [0.15, 0.2) is 16.6 Å². The first-order chi connectivity index (χ1) is 9.22. The number of nitrogens with zero attached hydrogens (tertiary/aromatic N) is 1. The third kappa shape index (κ3) is 2.76. The first kappa shape index (κ1) is 12.5. The second kappa shape index (κ2) is 5.25. The molecule has 1 fully saturated rings. The van der Waals surface area contributed by atoms with E-state index < -0.39 is 0 Å². The average molecular weight is 278 g/mol. The maximum Gasteiger partial charge on any atom is 0.231 e.